The quantitative estimate of drug-likeness (QED) is 0.346. The number of carbonyl (C=O) groups excluding carboxylic acids is 2. The lowest BCUT2D eigenvalue weighted by Gasteiger charge is -2.13. The standard InChI is InChI=1S/C17H12F5NO5/c1-26-7-4-3-5-8(27-2)10(7)17(25)28-6-9(24)23-16-14(21)12(19)11(18)13(20)15(16)22/h3-5H,6H2,1-2H3,(H,23,24). The zero-order valence-corrected chi connectivity index (χ0v) is 14.4. The van der Waals surface area contributed by atoms with Crippen LogP contribution in [-0.2, 0) is 9.53 Å². The molecule has 0 bridgehead atoms. The van der Waals surface area contributed by atoms with Gasteiger partial charge in [0.25, 0.3) is 5.91 Å². The second kappa shape index (κ2) is 8.55. The third-order valence-corrected chi connectivity index (χ3v) is 3.44. The first-order chi connectivity index (χ1) is 13.2. The van der Waals surface area contributed by atoms with Crippen LogP contribution in [0.4, 0.5) is 27.6 Å². The first-order valence-electron chi connectivity index (χ1n) is 7.42. The summed E-state index contributed by atoms with van der Waals surface area (Å²) >= 11 is 0. The lowest BCUT2D eigenvalue weighted by molar-refractivity contribution is -0.119. The molecule has 2 aromatic carbocycles. The van der Waals surface area contributed by atoms with Crippen LogP contribution >= 0.6 is 0 Å². The van der Waals surface area contributed by atoms with Gasteiger partial charge in [0.15, 0.2) is 29.9 Å². The summed E-state index contributed by atoms with van der Waals surface area (Å²) in [5, 5.41) is 1.48. The van der Waals surface area contributed by atoms with Crippen LogP contribution in [0.2, 0.25) is 0 Å². The number of halogens is 5. The molecule has 0 unspecified atom stereocenters. The normalized spacial score (nSPS) is 10.4. The largest absolute Gasteiger partial charge is 0.496 e. The average Bonchev–Trinajstić information content (AvgIpc) is 2.71. The fraction of sp³-hybridized carbons (Fsp3) is 0.176. The third-order valence-electron chi connectivity index (χ3n) is 3.44. The van der Waals surface area contributed by atoms with Gasteiger partial charge in [-0.25, -0.2) is 26.7 Å². The van der Waals surface area contributed by atoms with E-state index in [2.05, 4.69) is 0 Å². The van der Waals surface area contributed by atoms with E-state index in [4.69, 9.17) is 14.2 Å². The highest BCUT2D eigenvalue weighted by Crippen LogP contribution is 2.29. The van der Waals surface area contributed by atoms with Gasteiger partial charge >= 0.3 is 5.97 Å². The molecule has 0 heterocycles. The lowest BCUT2D eigenvalue weighted by atomic mass is 10.2. The van der Waals surface area contributed by atoms with E-state index in [1.54, 1.807) is 0 Å². The first-order valence-corrected chi connectivity index (χ1v) is 7.42. The number of rotatable bonds is 6. The fourth-order valence-corrected chi connectivity index (χ4v) is 2.15. The number of methoxy groups -OCH3 is 2. The predicted octanol–water partition coefficient (Wildman–Crippen LogP) is 3.19. The molecule has 0 fully saturated rings. The molecule has 0 radical (unpaired) electrons. The molecule has 0 spiro atoms. The molecule has 0 aliphatic carbocycles. The van der Waals surface area contributed by atoms with E-state index in [-0.39, 0.29) is 17.1 Å². The zero-order valence-electron chi connectivity index (χ0n) is 14.4. The van der Waals surface area contributed by atoms with Crippen molar-refractivity contribution >= 4 is 17.6 Å². The Balaban J connectivity index is 2.16. The molecule has 6 nitrogen and oxygen atoms in total. The highest BCUT2D eigenvalue weighted by Gasteiger charge is 2.27. The topological polar surface area (TPSA) is 73.9 Å². The highest BCUT2D eigenvalue weighted by atomic mass is 19.2. The van der Waals surface area contributed by atoms with Gasteiger partial charge < -0.3 is 19.5 Å². The molecule has 0 saturated carbocycles. The van der Waals surface area contributed by atoms with E-state index < -0.39 is 53.3 Å². The summed E-state index contributed by atoms with van der Waals surface area (Å²) in [4.78, 5) is 23.9. The van der Waals surface area contributed by atoms with Crippen LogP contribution in [0, 0.1) is 29.1 Å². The van der Waals surface area contributed by atoms with Crippen molar-refractivity contribution < 1.29 is 45.8 Å². The lowest BCUT2D eigenvalue weighted by Crippen LogP contribution is -2.23. The summed E-state index contributed by atoms with van der Waals surface area (Å²) in [5.74, 6) is -13.6. The van der Waals surface area contributed by atoms with Gasteiger partial charge in [0, 0.05) is 0 Å². The fourth-order valence-electron chi connectivity index (χ4n) is 2.15. The van der Waals surface area contributed by atoms with Gasteiger partial charge in [-0.2, -0.15) is 0 Å². The SMILES string of the molecule is COc1cccc(OC)c1C(=O)OCC(=O)Nc1c(F)c(F)c(F)c(F)c1F. The molecule has 1 N–H and O–H groups in total. The Morgan fingerprint density at radius 3 is 1.79 bits per heavy atom. The number of hydrogen-bond donors (Lipinski definition) is 1. The molecule has 150 valence electrons. The van der Waals surface area contributed by atoms with Gasteiger partial charge in [-0.1, -0.05) is 6.07 Å². The van der Waals surface area contributed by atoms with Crippen molar-refractivity contribution in [3.05, 3.63) is 52.8 Å². The van der Waals surface area contributed by atoms with Gasteiger partial charge in [0.2, 0.25) is 5.82 Å². The maximum Gasteiger partial charge on any atom is 0.346 e. The van der Waals surface area contributed by atoms with Crippen molar-refractivity contribution in [3.8, 4) is 11.5 Å². The second-order valence-corrected chi connectivity index (χ2v) is 5.11. The molecule has 11 heteroatoms. The van der Waals surface area contributed by atoms with Crippen molar-refractivity contribution in [2.45, 2.75) is 0 Å². The second-order valence-electron chi connectivity index (χ2n) is 5.11. The van der Waals surface area contributed by atoms with Gasteiger partial charge in [-0.3, -0.25) is 4.79 Å². The number of ether oxygens (including phenoxy) is 3. The molecule has 2 aromatic rings. The molecule has 0 aliphatic heterocycles. The van der Waals surface area contributed by atoms with Crippen molar-refractivity contribution in [2.24, 2.45) is 0 Å². The van der Waals surface area contributed by atoms with Crippen LogP contribution < -0.4 is 14.8 Å². The molecule has 0 aromatic heterocycles. The van der Waals surface area contributed by atoms with Crippen LogP contribution in [0.25, 0.3) is 0 Å². The summed E-state index contributed by atoms with van der Waals surface area (Å²) in [6.45, 7) is -1.08. The minimum Gasteiger partial charge on any atom is -0.496 e. The van der Waals surface area contributed by atoms with Crippen LogP contribution in [-0.4, -0.2) is 32.7 Å². The van der Waals surface area contributed by atoms with Crippen LogP contribution in [0.3, 0.4) is 0 Å². The van der Waals surface area contributed by atoms with E-state index >= 15 is 0 Å². The van der Waals surface area contributed by atoms with E-state index in [0.29, 0.717) is 0 Å². The molecular weight excluding hydrogens is 393 g/mol. The van der Waals surface area contributed by atoms with Gasteiger partial charge in [0.05, 0.1) is 14.2 Å². The number of benzene rings is 2. The Morgan fingerprint density at radius 1 is 0.857 bits per heavy atom. The summed E-state index contributed by atoms with van der Waals surface area (Å²) in [6, 6.07) is 4.34. The summed E-state index contributed by atoms with van der Waals surface area (Å²) in [6.07, 6.45) is 0. The maximum absolute atomic E-state index is 13.5. The van der Waals surface area contributed by atoms with Crippen molar-refractivity contribution in [1.82, 2.24) is 0 Å². The van der Waals surface area contributed by atoms with Gasteiger partial charge in [0.1, 0.15) is 22.7 Å². The van der Waals surface area contributed by atoms with Crippen LogP contribution in [0.15, 0.2) is 18.2 Å². The first kappa shape index (κ1) is 20.9. The maximum atomic E-state index is 13.5. The van der Waals surface area contributed by atoms with Crippen LogP contribution in [0.1, 0.15) is 10.4 Å². The minimum atomic E-state index is -2.37. The van der Waals surface area contributed by atoms with E-state index in [1.807, 2.05) is 0 Å². The number of esters is 1. The minimum absolute atomic E-state index is 0.0597. The molecule has 0 aliphatic rings. The summed E-state index contributed by atoms with van der Waals surface area (Å²) in [7, 11) is 2.53. The highest BCUT2D eigenvalue weighted by molar-refractivity contribution is 5.98. The molecule has 2 rings (SSSR count). The Labute approximate surface area is 154 Å². The monoisotopic (exact) mass is 405 g/mol. The van der Waals surface area contributed by atoms with Crippen molar-refractivity contribution in [1.29, 1.82) is 0 Å². The smallest absolute Gasteiger partial charge is 0.346 e. The average molecular weight is 405 g/mol. The molecular formula is C17H12F5NO5. The van der Waals surface area contributed by atoms with E-state index in [1.165, 1.54) is 37.7 Å². The number of nitrogens with one attached hydrogen (secondary N) is 1. The Kier molecular flexibility index (Phi) is 6.39. The van der Waals surface area contributed by atoms with Crippen molar-refractivity contribution in [3.63, 3.8) is 0 Å². The van der Waals surface area contributed by atoms with Crippen LogP contribution in [0.5, 0.6) is 11.5 Å². The Hall–Kier alpha value is -3.37. The van der Waals surface area contributed by atoms with Gasteiger partial charge in [-0.15, -0.1) is 0 Å². The number of hydrogen-bond acceptors (Lipinski definition) is 5. The summed E-state index contributed by atoms with van der Waals surface area (Å²) in [5.41, 5.74) is -1.73. The molecule has 1 amide bonds. The number of anilines is 1. The predicted molar refractivity (Wildman–Crippen MR) is 84.7 cm³/mol. The Bertz CT molecular complexity index is 883. The number of amides is 1. The van der Waals surface area contributed by atoms with Gasteiger partial charge in [-0.05, 0) is 12.1 Å². The third kappa shape index (κ3) is 3.97. The number of carbonyl (C=O) groups is 2. The Morgan fingerprint density at radius 2 is 1.32 bits per heavy atom. The molecule has 0 saturated heterocycles. The molecule has 0 atom stereocenters. The van der Waals surface area contributed by atoms with Crippen molar-refractivity contribution in [2.75, 3.05) is 26.1 Å². The van der Waals surface area contributed by atoms with E-state index in [0.717, 1.165) is 0 Å². The van der Waals surface area contributed by atoms with E-state index in [9.17, 15) is 31.5 Å². The summed E-state index contributed by atoms with van der Waals surface area (Å²) < 4.78 is 81.0. The zero-order chi connectivity index (χ0) is 21.0. The molecule has 28 heavy (non-hydrogen) atoms.